The van der Waals surface area contributed by atoms with Crippen LogP contribution in [0.2, 0.25) is 0 Å². The summed E-state index contributed by atoms with van der Waals surface area (Å²) >= 11 is 0. The summed E-state index contributed by atoms with van der Waals surface area (Å²) in [6, 6.07) is 0. The van der Waals surface area contributed by atoms with Crippen molar-refractivity contribution in [2.24, 2.45) is 0 Å². The molecule has 0 saturated heterocycles. The Morgan fingerprint density at radius 2 is 2.08 bits per heavy atom. The van der Waals surface area contributed by atoms with Gasteiger partial charge < -0.3 is 0 Å². The third-order valence-electron chi connectivity index (χ3n) is 1.54. The topological polar surface area (TPSA) is 47.8 Å². The Labute approximate surface area is 71.6 Å². The number of carbonyl (C=O) groups excluding carboxylic acids is 1. The Hall–Kier alpha value is -1.19. The number of rotatable bonds is 1. The number of Topliss-reactive ketones (excluding diaryl/α,β-unsaturated/α-hetero) is 1. The zero-order valence-corrected chi connectivity index (χ0v) is 7.83. The monoisotopic (exact) mass is 167 g/mol. The third kappa shape index (κ3) is 1.69. The fourth-order valence-electron chi connectivity index (χ4n) is 0.753. The van der Waals surface area contributed by atoms with E-state index >= 15 is 0 Å². The van der Waals surface area contributed by atoms with E-state index in [9.17, 15) is 4.79 Å². The van der Waals surface area contributed by atoms with Gasteiger partial charge in [0.1, 0.15) is 5.69 Å². The Morgan fingerprint density at radius 1 is 1.50 bits per heavy atom. The molecule has 0 amide bonds. The number of hydrogen-bond acceptors (Lipinski definition) is 3. The van der Waals surface area contributed by atoms with Gasteiger partial charge in [-0.1, -0.05) is 5.21 Å². The summed E-state index contributed by atoms with van der Waals surface area (Å²) in [6.07, 6.45) is 1.67. The van der Waals surface area contributed by atoms with Gasteiger partial charge in [-0.05, 0) is 20.8 Å². The lowest BCUT2D eigenvalue weighted by atomic mass is 10.1. The molecular formula is C8H13N3O. The maximum Gasteiger partial charge on any atom is 0.181 e. The summed E-state index contributed by atoms with van der Waals surface area (Å²) in [5, 5.41) is 7.60. The van der Waals surface area contributed by atoms with Gasteiger partial charge in [0.05, 0.1) is 11.7 Å². The molecule has 1 aromatic rings. The average Bonchev–Trinajstić information content (AvgIpc) is 2.30. The average molecular weight is 167 g/mol. The van der Waals surface area contributed by atoms with Gasteiger partial charge in [0.25, 0.3) is 0 Å². The van der Waals surface area contributed by atoms with Crippen LogP contribution in [0, 0.1) is 0 Å². The van der Waals surface area contributed by atoms with E-state index in [1.807, 2.05) is 20.8 Å². The highest BCUT2D eigenvalue weighted by atomic mass is 16.1. The van der Waals surface area contributed by atoms with Crippen LogP contribution in [0.25, 0.3) is 0 Å². The molecule has 4 nitrogen and oxygen atoms in total. The van der Waals surface area contributed by atoms with Crippen molar-refractivity contribution < 1.29 is 4.79 Å². The lowest BCUT2D eigenvalue weighted by molar-refractivity contribution is 0.101. The van der Waals surface area contributed by atoms with Crippen LogP contribution in [-0.4, -0.2) is 20.8 Å². The summed E-state index contributed by atoms with van der Waals surface area (Å²) in [4.78, 5) is 10.9. The SMILES string of the molecule is CC(=O)c1cn(C(C)(C)C)nn1. The van der Waals surface area contributed by atoms with Gasteiger partial charge in [0.2, 0.25) is 0 Å². The first kappa shape index (κ1) is 8.90. The standard InChI is InChI=1S/C8H13N3O/c1-6(12)7-5-11(10-9-7)8(2,3)4/h5H,1-4H3. The number of carbonyl (C=O) groups is 1. The van der Waals surface area contributed by atoms with E-state index in [0.29, 0.717) is 5.69 Å². The molecule has 1 rings (SSSR count). The Kier molecular flexibility index (Phi) is 2.00. The van der Waals surface area contributed by atoms with Gasteiger partial charge in [0, 0.05) is 6.92 Å². The molecule has 1 aromatic heterocycles. The molecule has 0 aliphatic rings. The van der Waals surface area contributed by atoms with Crippen molar-refractivity contribution in [1.82, 2.24) is 15.0 Å². The zero-order valence-electron chi connectivity index (χ0n) is 7.83. The molecule has 1 heterocycles. The summed E-state index contributed by atoms with van der Waals surface area (Å²) < 4.78 is 1.68. The molecule has 0 saturated carbocycles. The largest absolute Gasteiger partial charge is 0.293 e. The number of aromatic nitrogens is 3. The number of ketones is 1. The van der Waals surface area contributed by atoms with Crippen molar-refractivity contribution >= 4 is 5.78 Å². The van der Waals surface area contributed by atoms with Crippen LogP contribution in [-0.2, 0) is 5.54 Å². The van der Waals surface area contributed by atoms with E-state index < -0.39 is 0 Å². The first-order valence-corrected chi connectivity index (χ1v) is 3.85. The second-order valence-corrected chi connectivity index (χ2v) is 3.78. The van der Waals surface area contributed by atoms with Crippen molar-refractivity contribution in [3.8, 4) is 0 Å². The van der Waals surface area contributed by atoms with Crippen LogP contribution in [0.1, 0.15) is 38.2 Å². The first-order chi connectivity index (χ1) is 5.41. The summed E-state index contributed by atoms with van der Waals surface area (Å²) in [6.45, 7) is 7.50. The van der Waals surface area contributed by atoms with E-state index in [0.717, 1.165) is 0 Å². The highest BCUT2D eigenvalue weighted by Gasteiger charge is 2.15. The Morgan fingerprint density at radius 3 is 2.33 bits per heavy atom. The van der Waals surface area contributed by atoms with Crippen LogP contribution in [0.3, 0.4) is 0 Å². The van der Waals surface area contributed by atoms with Crippen molar-refractivity contribution in [3.63, 3.8) is 0 Å². The minimum Gasteiger partial charge on any atom is -0.293 e. The van der Waals surface area contributed by atoms with Crippen LogP contribution in [0.15, 0.2) is 6.20 Å². The number of hydrogen-bond donors (Lipinski definition) is 0. The van der Waals surface area contributed by atoms with Crippen LogP contribution >= 0.6 is 0 Å². The van der Waals surface area contributed by atoms with E-state index in [-0.39, 0.29) is 11.3 Å². The predicted molar refractivity (Wildman–Crippen MR) is 45.0 cm³/mol. The maximum atomic E-state index is 10.9. The minimum atomic E-state index is -0.110. The summed E-state index contributed by atoms with van der Waals surface area (Å²) in [5.41, 5.74) is 0.311. The predicted octanol–water partition coefficient (Wildman–Crippen LogP) is 1.24. The van der Waals surface area contributed by atoms with Gasteiger partial charge in [-0.15, -0.1) is 5.10 Å². The van der Waals surface area contributed by atoms with Gasteiger partial charge in [-0.25, -0.2) is 4.68 Å². The van der Waals surface area contributed by atoms with E-state index in [1.165, 1.54) is 6.92 Å². The molecule has 0 bridgehead atoms. The molecular weight excluding hydrogens is 154 g/mol. The van der Waals surface area contributed by atoms with Crippen molar-refractivity contribution in [2.75, 3.05) is 0 Å². The normalized spacial score (nSPS) is 11.7. The molecule has 4 heteroatoms. The van der Waals surface area contributed by atoms with Gasteiger partial charge in [0.15, 0.2) is 5.78 Å². The van der Waals surface area contributed by atoms with Crippen molar-refractivity contribution in [2.45, 2.75) is 33.2 Å². The molecule has 12 heavy (non-hydrogen) atoms. The van der Waals surface area contributed by atoms with Crippen LogP contribution in [0.4, 0.5) is 0 Å². The van der Waals surface area contributed by atoms with Gasteiger partial charge in [-0.3, -0.25) is 4.79 Å². The second kappa shape index (κ2) is 2.69. The highest BCUT2D eigenvalue weighted by Crippen LogP contribution is 2.11. The Balaban J connectivity index is 3.00. The lowest BCUT2D eigenvalue weighted by Gasteiger charge is -2.17. The van der Waals surface area contributed by atoms with Crippen LogP contribution < -0.4 is 0 Å². The van der Waals surface area contributed by atoms with Gasteiger partial charge >= 0.3 is 0 Å². The molecule has 0 aliphatic carbocycles. The molecule has 0 aromatic carbocycles. The molecule has 0 aliphatic heterocycles. The molecule has 66 valence electrons. The molecule has 0 fully saturated rings. The van der Waals surface area contributed by atoms with Crippen molar-refractivity contribution in [3.05, 3.63) is 11.9 Å². The smallest absolute Gasteiger partial charge is 0.181 e. The summed E-state index contributed by atoms with van der Waals surface area (Å²) in [7, 11) is 0. The summed E-state index contributed by atoms with van der Waals surface area (Å²) in [5.74, 6) is -0.0505. The van der Waals surface area contributed by atoms with E-state index in [4.69, 9.17) is 0 Å². The second-order valence-electron chi connectivity index (χ2n) is 3.78. The maximum absolute atomic E-state index is 10.9. The fraction of sp³-hybridized carbons (Fsp3) is 0.625. The quantitative estimate of drug-likeness (QED) is 0.591. The zero-order chi connectivity index (χ0) is 9.35. The van der Waals surface area contributed by atoms with Crippen molar-refractivity contribution in [1.29, 1.82) is 0 Å². The minimum absolute atomic E-state index is 0.0505. The lowest BCUT2D eigenvalue weighted by Crippen LogP contribution is -2.22. The first-order valence-electron chi connectivity index (χ1n) is 3.85. The van der Waals surface area contributed by atoms with E-state index in [2.05, 4.69) is 10.3 Å². The van der Waals surface area contributed by atoms with Crippen LogP contribution in [0.5, 0.6) is 0 Å². The molecule has 0 spiro atoms. The molecule has 0 unspecified atom stereocenters. The third-order valence-corrected chi connectivity index (χ3v) is 1.54. The fourth-order valence-corrected chi connectivity index (χ4v) is 0.753. The van der Waals surface area contributed by atoms with Gasteiger partial charge in [-0.2, -0.15) is 0 Å². The van der Waals surface area contributed by atoms with E-state index in [1.54, 1.807) is 10.9 Å². The molecule has 0 atom stereocenters. The molecule has 0 N–H and O–H groups in total. The Bertz CT molecular complexity index is 295. The molecule has 0 radical (unpaired) electrons. The highest BCUT2D eigenvalue weighted by molar-refractivity contribution is 5.91. The number of nitrogens with zero attached hydrogens (tertiary/aromatic N) is 3.